The maximum Gasteiger partial charge on any atom is 0.261 e. The standard InChI is InChI=1S/C23H18N2O3/c1-2-14-6-8-15(9-7-14)16-10-12-17(13-11-16)21(26)24-19-5-3-4-18-20(19)23(28)25-22(18)27/h3-13H,2H2,1H3,(H,24,26)(H,25,27,28). The van der Waals surface area contributed by atoms with Crippen LogP contribution in [0.4, 0.5) is 5.69 Å². The average molecular weight is 370 g/mol. The fourth-order valence-corrected chi connectivity index (χ4v) is 3.26. The van der Waals surface area contributed by atoms with Crippen molar-refractivity contribution >= 4 is 23.4 Å². The molecular formula is C23H18N2O3. The Morgan fingerprint density at radius 3 is 2.14 bits per heavy atom. The van der Waals surface area contributed by atoms with Gasteiger partial charge in [0.2, 0.25) is 0 Å². The van der Waals surface area contributed by atoms with Gasteiger partial charge in [-0.1, -0.05) is 49.4 Å². The van der Waals surface area contributed by atoms with E-state index < -0.39 is 11.8 Å². The van der Waals surface area contributed by atoms with E-state index in [9.17, 15) is 14.4 Å². The highest BCUT2D eigenvalue weighted by molar-refractivity contribution is 6.25. The first-order valence-electron chi connectivity index (χ1n) is 9.06. The molecule has 0 aliphatic carbocycles. The van der Waals surface area contributed by atoms with Crippen LogP contribution in [0.25, 0.3) is 11.1 Å². The summed E-state index contributed by atoms with van der Waals surface area (Å²) in [6, 6.07) is 20.4. The van der Waals surface area contributed by atoms with Crippen molar-refractivity contribution in [2.45, 2.75) is 13.3 Å². The van der Waals surface area contributed by atoms with Crippen LogP contribution < -0.4 is 10.6 Å². The van der Waals surface area contributed by atoms with Crippen molar-refractivity contribution in [3.8, 4) is 11.1 Å². The van der Waals surface area contributed by atoms with Crippen molar-refractivity contribution in [2.24, 2.45) is 0 Å². The lowest BCUT2D eigenvalue weighted by molar-refractivity contribution is 0.0879. The van der Waals surface area contributed by atoms with E-state index in [2.05, 4.69) is 41.8 Å². The van der Waals surface area contributed by atoms with Crippen LogP contribution in [0.1, 0.15) is 43.6 Å². The van der Waals surface area contributed by atoms with Gasteiger partial charge < -0.3 is 5.32 Å². The summed E-state index contributed by atoms with van der Waals surface area (Å²) in [4.78, 5) is 36.3. The van der Waals surface area contributed by atoms with Gasteiger partial charge in [-0.15, -0.1) is 0 Å². The van der Waals surface area contributed by atoms with Crippen molar-refractivity contribution in [3.05, 3.63) is 89.0 Å². The van der Waals surface area contributed by atoms with E-state index in [1.807, 2.05) is 12.1 Å². The third-order valence-corrected chi connectivity index (χ3v) is 4.85. The zero-order valence-electron chi connectivity index (χ0n) is 15.3. The quantitative estimate of drug-likeness (QED) is 0.680. The number of hydrogen-bond acceptors (Lipinski definition) is 3. The van der Waals surface area contributed by atoms with Crippen molar-refractivity contribution in [3.63, 3.8) is 0 Å². The second-order valence-electron chi connectivity index (χ2n) is 6.59. The Morgan fingerprint density at radius 2 is 1.50 bits per heavy atom. The molecule has 1 aliphatic heterocycles. The molecule has 0 fully saturated rings. The molecule has 0 spiro atoms. The molecule has 2 N–H and O–H groups in total. The summed E-state index contributed by atoms with van der Waals surface area (Å²) in [5.41, 5.74) is 4.64. The van der Waals surface area contributed by atoms with Gasteiger partial charge in [0.1, 0.15) is 0 Å². The molecule has 1 heterocycles. The van der Waals surface area contributed by atoms with Gasteiger partial charge in [-0.2, -0.15) is 0 Å². The van der Waals surface area contributed by atoms with Gasteiger partial charge >= 0.3 is 0 Å². The molecule has 4 rings (SSSR count). The number of fused-ring (bicyclic) bond motifs is 1. The number of carbonyl (C=O) groups excluding carboxylic acids is 3. The van der Waals surface area contributed by atoms with E-state index in [0.717, 1.165) is 17.5 Å². The molecule has 0 atom stereocenters. The van der Waals surface area contributed by atoms with Crippen LogP contribution in [0.2, 0.25) is 0 Å². The highest BCUT2D eigenvalue weighted by atomic mass is 16.2. The normalized spacial score (nSPS) is 12.5. The van der Waals surface area contributed by atoms with Crippen molar-refractivity contribution in [2.75, 3.05) is 5.32 Å². The van der Waals surface area contributed by atoms with Crippen LogP contribution in [-0.4, -0.2) is 17.7 Å². The molecular weight excluding hydrogens is 352 g/mol. The minimum atomic E-state index is -0.498. The maximum atomic E-state index is 12.6. The van der Waals surface area contributed by atoms with Gasteiger partial charge in [0.05, 0.1) is 16.8 Å². The van der Waals surface area contributed by atoms with Crippen LogP contribution >= 0.6 is 0 Å². The molecule has 5 nitrogen and oxygen atoms in total. The zero-order chi connectivity index (χ0) is 19.7. The lowest BCUT2D eigenvalue weighted by atomic mass is 10.0. The minimum absolute atomic E-state index is 0.202. The number of anilines is 1. The molecule has 0 aromatic heterocycles. The number of carbonyl (C=O) groups is 3. The number of amides is 3. The van der Waals surface area contributed by atoms with Crippen molar-refractivity contribution in [1.29, 1.82) is 0 Å². The van der Waals surface area contributed by atoms with Crippen LogP contribution in [0.15, 0.2) is 66.7 Å². The first-order chi connectivity index (χ1) is 13.6. The third kappa shape index (κ3) is 3.18. The Bertz CT molecular complexity index is 1080. The molecule has 0 saturated heterocycles. The van der Waals surface area contributed by atoms with Gasteiger partial charge in [-0.25, -0.2) is 0 Å². The molecule has 5 heteroatoms. The van der Waals surface area contributed by atoms with Gasteiger partial charge in [0.15, 0.2) is 0 Å². The summed E-state index contributed by atoms with van der Waals surface area (Å²) in [7, 11) is 0. The molecule has 0 unspecified atom stereocenters. The summed E-state index contributed by atoms with van der Waals surface area (Å²) >= 11 is 0. The summed E-state index contributed by atoms with van der Waals surface area (Å²) in [6.45, 7) is 2.12. The number of benzene rings is 3. The Kier molecular flexibility index (Phi) is 4.49. The van der Waals surface area contributed by atoms with Crippen LogP contribution in [0, 0.1) is 0 Å². The molecule has 3 aromatic carbocycles. The number of aryl methyl sites for hydroxylation is 1. The van der Waals surface area contributed by atoms with Crippen LogP contribution in [0.5, 0.6) is 0 Å². The molecule has 1 aliphatic rings. The van der Waals surface area contributed by atoms with Gasteiger partial charge in [-0.3, -0.25) is 19.7 Å². The van der Waals surface area contributed by atoms with Crippen molar-refractivity contribution in [1.82, 2.24) is 5.32 Å². The SMILES string of the molecule is CCc1ccc(-c2ccc(C(=O)Nc3cccc4c3C(=O)NC4=O)cc2)cc1. The minimum Gasteiger partial charge on any atom is -0.321 e. The predicted molar refractivity (Wildman–Crippen MR) is 107 cm³/mol. The lowest BCUT2D eigenvalue weighted by Gasteiger charge is -2.09. The number of nitrogens with one attached hydrogen (secondary N) is 2. The highest BCUT2D eigenvalue weighted by Crippen LogP contribution is 2.25. The Labute approximate surface area is 162 Å². The predicted octanol–water partition coefficient (Wildman–Crippen LogP) is 4.05. The van der Waals surface area contributed by atoms with E-state index in [-0.39, 0.29) is 17.0 Å². The first-order valence-corrected chi connectivity index (χ1v) is 9.06. The number of imide groups is 1. The zero-order valence-corrected chi connectivity index (χ0v) is 15.3. The van der Waals surface area contributed by atoms with E-state index in [1.54, 1.807) is 30.3 Å². The number of hydrogen-bond donors (Lipinski definition) is 2. The number of rotatable bonds is 4. The second kappa shape index (κ2) is 7.12. The van der Waals surface area contributed by atoms with E-state index in [0.29, 0.717) is 11.3 Å². The fourth-order valence-electron chi connectivity index (χ4n) is 3.26. The van der Waals surface area contributed by atoms with Gasteiger partial charge in [0.25, 0.3) is 17.7 Å². The molecule has 3 aromatic rings. The fraction of sp³-hybridized carbons (Fsp3) is 0.0870. The average Bonchev–Trinajstić information content (AvgIpc) is 3.03. The summed E-state index contributed by atoms with van der Waals surface area (Å²) < 4.78 is 0. The van der Waals surface area contributed by atoms with Crippen LogP contribution in [-0.2, 0) is 6.42 Å². The molecule has 28 heavy (non-hydrogen) atoms. The molecule has 0 radical (unpaired) electrons. The van der Waals surface area contributed by atoms with Gasteiger partial charge in [-0.05, 0) is 47.4 Å². The Morgan fingerprint density at radius 1 is 0.857 bits per heavy atom. The van der Waals surface area contributed by atoms with E-state index >= 15 is 0 Å². The topological polar surface area (TPSA) is 75.3 Å². The molecule has 0 bridgehead atoms. The molecule has 0 saturated carbocycles. The first kappa shape index (κ1) is 17.7. The monoisotopic (exact) mass is 370 g/mol. The molecule has 3 amide bonds. The Hall–Kier alpha value is -3.73. The maximum absolute atomic E-state index is 12.6. The third-order valence-electron chi connectivity index (χ3n) is 4.85. The lowest BCUT2D eigenvalue weighted by Crippen LogP contribution is -2.20. The smallest absolute Gasteiger partial charge is 0.261 e. The summed E-state index contributed by atoms with van der Waals surface area (Å²) in [5.74, 6) is -1.29. The van der Waals surface area contributed by atoms with Gasteiger partial charge in [0, 0.05) is 5.56 Å². The van der Waals surface area contributed by atoms with E-state index in [1.165, 1.54) is 5.56 Å². The Balaban J connectivity index is 1.55. The summed E-state index contributed by atoms with van der Waals surface area (Å²) in [6.07, 6.45) is 0.992. The van der Waals surface area contributed by atoms with Crippen LogP contribution in [0.3, 0.4) is 0 Å². The van der Waals surface area contributed by atoms with E-state index in [4.69, 9.17) is 0 Å². The largest absolute Gasteiger partial charge is 0.321 e. The second-order valence-corrected chi connectivity index (χ2v) is 6.59. The highest BCUT2D eigenvalue weighted by Gasteiger charge is 2.29. The molecule has 138 valence electrons. The van der Waals surface area contributed by atoms with Crippen molar-refractivity contribution < 1.29 is 14.4 Å². The summed E-state index contributed by atoms with van der Waals surface area (Å²) in [5, 5.41) is 4.97.